The van der Waals surface area contributed by atoms with Crippen molar-refractivity contribution in [2.45, 2.75) is 32.6 Å². The molecule has 4 heteroatoms. The number of carbonyl (C=O) groups excluding carboxylic acids is 1. The Morgan fingerprint density at radius 2 is 2.20 bits per heavy atom. The minimum absolute atomic E-state index is 0.0525. The number of aliphatic hydroxyl groups excluding tert-OH is 1. The van der Waals surface area contributed by atoms with Gasteiger partial charge in [-0.25, -0.2) is 4.98 Å². The fraction of sp³-hybridized carbons (Fsp3) is 0.500. The van der Waals surface area contributed by atoms with Crippen LogP contribution in [0.15, 0.2) is 18.3 Å². The predicted molar refractivity (Wildman–Crippen MR) is 78.0 cm³/mol. The average Bonchev–Trinajstić information content (AvgIpc) is 2.46. The molecule has 1 amide bonds. The lowest BCUT2D eigenvalue weighted by molar-refractivity contribution is -0.121. The number of amides is 1. The summed E-state index contributed by atoms with van der Waals surface area (Å²) in [4.78, 5) is 16.3. The van der Waals surface area contributed by atoms with E-state index in [-0.39, 0.29) is 18.4 Å². The normalized spacial score (nSPS) is 21.7. The van der Waals surface area contributed by atoms with E-state index in [1.807, 2.05) is 0 Å². The zero-order chi connectivity index (χ0) is 14.4. The van der Waals surface area contributed by atoms with Gasteiger partial charge in [0.2, 0.25) is 5.91 Å². The van der Waals surface area contributed by atoms with Crippen molar-refractivity contribution in [1.29, 1.82) is 0 Å². The molecule has 1 aliphatic rings. The average molecular weight is 272 g/mol. The number of rotatable bonds is 2. The van der Waals surface area contributed by atoms with Gasteiger partial charge in [0.05, 0.1) is 0 Å². The Morgan fingerprint density at radius 1 is 1.45 bits per heavy atom. The van der Waals surface area contributed by atoms with E-state index >= 15 is 0 Å². The maximum absolute atomic E-state index is 12.2. The molecular weight excluding hydrogens is 252 g/mol. The van der Waals surface area contributed by atoms with Crippen molar-refractivity contribution in [1.82, 2.24) is 4.98 Å². The van der Waals surface area contributed by atoms with Gasteiger partial charge in [0.1, 0.15) is 12.4 Å². The van der Waals surface area contributed by atoms with Gasteiger partial charge >= 0.3 is 0 Å². The molecule has 0 spiro atoms. The molecule has 0 bridgehead atoms. The number of nitrogens with zero attached hydrogens (tertiary/aromatic N) is 1. The molecule has 0 atom stereocenters. The van der Waals surface area contributed by atoms with Gasteiger partial charge < -0.3 is 10.4 Å². The van der Waals surface area contributed by atoms with E-state index in [0.717, 1.165) is 37.2 Å². The van der Waals surface area contributed by atoms with E-state index < -0.39 is 0 Å². The summed E-state index contributed by atoms with van der Waals surface area (Å²) < 4.78 is 0. The molecule has 4 nitrogen and oxygen atoms in total. The summed E-state index contributed by atoms with van der Waals surface area (Å²) in [6.45, 7) is 2.06. The summed E-state index contributed by atoms with van der Waals surface area (Å²) >= 11 is 0. The van der Waals surface area contributed by atoms with Crippen molar-refractivity contribution in [2.24, 2.45) is 11.8 Å². The molecule has 2 rings (SSSR count). The van der Waals surface area contributed by atoms with Gasteiger partial charge in [-0.05, 0) is 43.7 Å². The lowest BCUT2D eigenvalue weighted by atomic mass is 9.82. The lowest BCUT2D eigenvalue weighted by Gasteiger charge is -2.25. The number of hydrogen-bond donors (Lipinski definition) is 2. The van der Waals surface area contributed by atoms with E-state index in [9.17, 15) is 4.79 Å². The molecule has 0 unspecified atom stereocenters. The second-order valence-corrected chi connectivity index (χ2v) is 5.34. The van der Waals surface area contributed by atoms with Crippen molar-refractivity contribution in [3.05, 3.63) is 23.9 Å². The minimum atomic E-state index is -0.176. The van der Waals surface area contributed by atoms with E-state index in [1.54, 1.807) is 18.3 Å². The molecule has 0 aliphatic heterocycles. The molecule has 1 heterocycles. The van der Waals surface area contributed by atoms with Gasteiger partial charge in [0.15, 0.2) is 0 Å². The van der Waals surface area contributed by atoms with Crippen molar-refractivity contribution in [2.75, 3.05) is 11.9 Å². The van der Waals surface area contributed by atoms with Crippen LogP contribution in [0.2, 0.25) is 0 Å². The molecule has 1 fully saturated rings. The number of anilines is 1. The standard InChI is InChI=1S/C16H20N2O2/c1-12-4-6-14(7-5-12)16(20)18-15-11-13(3-2-10-19)8-9-17-15/h8-9,11-12,14,19H,4-7,10H2,1H3,(H,17,18,20). The maximum Gasteiger partial charge on any atom is 0.228 e. The van der Waals surface area contributed by atoms with E-state index in [1.165, 1.54) is 0 Å². The van der Waals surface area contributed by atoms with Gasteiger partial charge in [-0.15, -0.1) is 0 Å². The molecule has 106 valence electrons. The summed E-state index contributed by atoms with van der Waals surface area (Å²) in [5, 5.41) is 11.5. The van der Waals surface area contributed by atoms with Gasteiger partial charge in [0.25, 0.3) is 0 Å². The smallest absolute Gasteiger partial charge is 0.228 e. The number of pyridine rings is 1. The highest BCUT2D eigenvalue weighted by atomic mass is 16.2. The summed E-state index contributed by atoms with van der Waals surface area (Å²) in [6, 6.07) is 3.48. The predicted octanol–water partition coefficient (Wildman–Crippen LogP) is 2.19. The molecule has 0 saturated heterocycles. The Balaban J connectivity index is 1.97. The minimum Gasteiger partial charge on any atom is -0.384 e. The van der Waals surface area contributed by atoms with Crippen LogP contribution in [0.1, 0.15) is 38.2 Å². The number of aliphatic hydroxyl groups is 1. The number of carbonyl (C=O) groups is 1. The van der Waals surface area contributed by atoms with Gasteiger partial charge in [-0.2, -0.15) is 0 Å². The van der Waals surface area contributed by atoms with Crippen molar-refractivity contribution in [3.63, 3.8) is 0 Å². The Labute approximate surface area is 119 Å². The Hall–Kier alpha value is -1.86. The van der Waals surface area contributed by atoms with Crippen molar-refractivity contribution in [3.8, 4) is 11.8 Å². The third-order valence-electron chi connectivity index (χ3n) is 3.71. The second-order valence-electron chi connectivity index (χ2n) is 5.34. The van der Waals surface area contributed by atoms with Gasteiger partial charge in [-0.1, -0.05) is 18.8 Å². The molecule has 0 radical (unpaired) electrons. The summed E-state index contributed by atoms with van der Waals surface area (Å²) in [7, 11) is 0. The van der Waals surface area contributed by atoms with E-state index in [4.69, 9.17) is 5.11 Å². The molecule has 2 N–H and O–H groups in total. The highest BCUT2D eigenvalue weighted by Crippen LogP contribution is 2.28. The molecular formula is C16H20N2O2. The quantitative estimate of drug-likeness (QED) is 0.811. The zero-order valence-electron chi connectivity index (χ0n) is 11.7. The Morgan fingerprint density at radius 3 is 2.90 bits per heavy atom. The van der Waals surface area contributed by atoms with E-state index in [2.05, 4.69) is 29.1 Å². The second kappa shape index (κ2) is 7.06. The van der Waals surface area contributed by atoms with Crippen LogP contribution in [-0.2, 0) is 4.79 Å². The van der Waals surface area contributed by atoms with Crippen LogP contribution < -0.4 is 5.32 Å². The van der Waals surface area contributed by atoms with Crippen molar-refractivity contribution < 1.29 is 9.90 Å². The van der Waals surface area contributed by atoms with Crippen LogP contribution in [0.25, 0.3) is 0 Å². The SMILES string of the molecule is CC1CCC(C(=O)Nc2cc(C#CCO)ccn2)CC1. The first kappa shape index (κ1) is 14.5. The molecule has 1 aromatic heterocycles. The number of aromatic nitrogens is 1. The van der Waals surface area contributed by atoms with Gasteiger partial charge in [0, 0.05) is 17.7 Å². The number of hydrogen-bond acceptors (Lipinski definition) is 3. The fourth-order valence-corrected chi connectivity index (χ4v) is 2.47. The molecule has 0 aromatic carbocycles. The number of nitrogens with one attached hydrogen (secondary N) is 1. The van der Waals surface area contributed by atoms with Gasteiger partial charge in [-0.3, -0.25) is 4.79 Å². The van der Waals surface area contributed by atoms with E-state index in [0.29, 0.717) is 5.82 Å². The Kier molecular flexibility index (Phi) is 5.14. The molecule has 20 heavy (non-hydrogen) atoms. The molecule has 1 aliphatic carbocycles. The first-order valence-electron chi connectivity index (χ1n) is 7.05. The third-order valence-corrected chi connectivity index (χ3v) is 3.71. The van der Waals surface area contributed by atoms with Crippen LogP contribution >= 0.6 is 0 Å². The summed E-state index contributed by atoms with van der Waals surface area (Å²) in [5.74, 6) is 6.79. The molecule has 1 aromatic rings. The first-order chi connectivity index (χ1) is 9.69. The monoisotopic (exact) mass is 272 g/mol. The topological polar surface area (TPSA) is 62.2 Å². The largest absolute Gasteiger partial charge is 0.384 e. The van der Waals surface area contributed by atoms with Crippen LogP contribution in [0.3, 0.4) is 0 Å². The van der Waals surface area contributed by atoms with Crippen LogP contribution in [0.4, 0.5) is 5.82 Å². The van der Waals surface area contributed by atoms with Crippen LogP contribution in [0, 0.1) is 23.7 Å². The third kappa shape index (κ3) is 4.07. The first-order valence-corrected chi connectivity index (χ1v) is 7.05. The van der Waals surface area contributed by atoms with Crippen LogP contribution in [0.5, 0.6) is 0 Å². The fourth-order valence-electron chi connectivity index (χ4n) is 2.47. The maximum atomic E-state index is 12.2. The van der Waals surface area contributed by atoms with Crippen LogP contribution in [-0.4, -0.2) is 22.6 Å². The summed E-state index contributed by atoms with van der Waals surface area (Å²) in [6.07, 6.45) is 5.76. The Bertz CT molecular complexity index is 523. The lowest BCUT2D eigenvalue weighted by Crippen LogP contribution is -2.26. The molecule has 1 saturated carbocycles. The highest BCUT2D eigenvalue weighted by Gasteiger charge is 2.24. The summed E-state index contributed by atoms with van der Waals surface area (Å²) in [5.41, 5.74) is 0.738. The zero-order valence-corrected chi connectivity index (χ0v) is 11.7. The highest BCUT2D eigenvalue weighted by molar-refractivity contribution is 5.91. The van der Waals surface area contributed by atoms with Crippen molar-refractivity contribution >= 4 is 11.7 Å².